The fourth-order valence-electron chi connectivity index (χ4n) is 1.56. The number of aromatic nitrogens is 1. The molecule has 1 unspecified atom stereocenters. The van der Waals surface area contributed by atoms with Crippen molar-refractivity contribution in [2.45, 2.75) is 6.10 Å². The molecule has 0 radical (unpaired) electrons. The van der Waals surface area contributed by atoms with Crippen LogP contribution in [0.1, 0.15) is 11.7 Å². The molecule has 0 aliphatic heterocycles. The summed E-state index contributed by atoms with van der Waals surface area (Å²) in [6, 6.07) is 9.05. The summed E-state index contributed by atoms with van der Waals surface area (Å²) in [6.45, 7) is 0.423. The van der Waals surface area contributed by atoms with Crippen LogP contribution >= 0.6 is 15.9 Å². The molecule has 2 rings (SSSR count). The number of aliphatic hydroxyl groups excluding tert-OH is 1. The molecule has 0 saturated heterocycles. The molecule has 5 heteroatoms. The number of nitrogen functional groups attached to an aromatic ring is 1. The minimum Gasteiger partial charge on any atom is -0.399 e. The number of nitrogens with zero attached hydrogens (tertiary/aromatic N) is 1. The molecule has 0 fully saturated rings. The van der Waals surface area contributed by atoms with E-state index in [1.54, 1.807) is 24.5 Å². The Balaban J connectivity index is 1.98. The van der Waals surface area contributed by atoms with Crippen LogP contribution in [0, 0.1) is 0 Å². The van der Waals surface area contributed by atoms with Crippen molar-refractivity contribution >= 4 is 27.3 Å². The normalized spacial score (nSPS) is 12.1. The summed E-state index contributed by atoms with van der Waals surface area (Å²) < 4.78 is 0.870. The first-order valence-electron chi connectivity index (χ1n) is 5.53. The standard InChI is InChI=1S/C13H14BrN3O/c14-11-7-16-6-5-12(11)17-8-13(18)9-1-3-10(15)4-2-9/h1-7,13,18H,8,15H2,(H,16,17). The molecule has 1 aromatic carbocycles. The highest BCUT2D eigenvalue weighted by atomic mass is 79.9. The van der Waals surface area contributed by atoms with Gasteiger partial charge in [-0.3, -0.25) is 4.98 Å². The first-order chi connectivity index (χ1) is 8.66. The van der Waals surface area contributed by atoms with Gasteiger partial charge < -0.3 is 16.2 Å². The van der Waals surface area contributed by atoms with Gasteiger partial charge in [-0.1, -0.05) is 12.1 Å². The Hall–Kier alpha value is -1.59. The number of nitrogens with two attached hydrogens (primary N) is 1. The van der Waals surface area contributed by atoms with Crippen LogP contribution in [0.2, 0.25) is 0 Å². The molecule has 18 heavy (non-hydrogen) atoms. The Morgan fingerprint density at radius 1 is 1.28 bits per heavy atom. The molecule has 0 aliphatic carbocycles. The summed E-state index contributed by atoms with van der Waals surface area (Å²) in [5.74, 6) is 0. The highest BCUT2D eigenvalue weighted by Gasteiger charge is 2.07. The lowest BCUT2D eigenvalue weighted by atomic mass is 10.1. The smallest absolute Gasteiger partial charge is 0.0962 e. The molecule has 4 N–H and O–H groups in total. The Kier molecular flexibility index (Phi) is 4.17. The van der Waals surface area contributed by atoms with Crippen molar-refractivity contribution in [1.29, 1.82) is 0 Å². The topological polar surface area (TPSA) is 71.2 Å². The van der Waals surface area contributed by atoms with E-state index in [0.29, 0.717) is 12.2 Å². The van der Waals surface area contributed by atoms with Crippen molar-refractivity contribution in [1.82, 2.24) is 4.98 Å². The van der Waals surface area contributed by atoms with Crippen LogP contribution in [-0.2, 0) is 0 Å². The average molecular weight is 308 g/mol. The molecule has 1 heterocycles. The van der Waals surface area contributed by atoms with Gasteiger partial charge in [0.25, 0.3) is 0 Å². The Morgan fingerprint density at radius 2 is 2.00 bits per heavy atom. The fraction of sp³-hybridized carbons (Fsp3) is 0.154. The van der Waals surface area contributed by atoms with Crippen LogP contribution in [0.4, 0.5) is 11.4 Å². The first-order valence-corrected chi connectivity index (χ1v) is 6.33. The number of halogens is 1. The Morgan fingerprint density at radius 3 is 2.67 bits per heavy atom. The van der Waals surface area contributed by atoms with E-state index in [2.05, 4.69) is 26.2 Å². The predicted molar refractivity (Wildman–Crippen MR) is 76.2 cm³/mol. The summed E-state index contributed by atoms with van der Waals surface area (Å²) in [7, 11) is 0. The van der Waals surface area contributed by atoms with E-state index in [9.17, 15) is 5.11 Å². The van der Waals surface area contributed by atoms with Gasteiger partial charge in [0.05, 0.1) is 16.3 Å². The molecule has 0 bridgehead atoms. The predicted octanol–water partition coefficient (Wildman–Crippen LogP) is 2.57. The maximum atomic E-state index is 10.0. The third-order valence-corrected chi connectivity index (χ3v) is 3.21. The van der Waals surface area contributed by atoms with Crippen molar-refractivity contribution in [3.8, 4) is 0 Å². The average Bonchev–Trinajstić information content (AvgIpc) is 2.38. The highest BCUT2D eigenvalue weighted by molar-refractivity contribution is 9.10. The quantitative estimate of drug-likeness (QED) is 0.759. The minimum atomic E-state index is -0.578. The van der Waals surface area contributed by atoms with Crippen LogP contribution in [0.25, 0.3) is 0 Å². The Labute approximate surface area is 114 Å². The number of anilines is 2. The van der Waals surface area contributed by atoms with Crippen molar-refractivity contribution in [3.05, 3.63) is 52.8 Å². The zero-order chi connectivity index (χ0) is 13.0. The van der Waals surface area contributed by atoms with Crippen LogP contribution in [0.3, 0.4) is 0 Å². The third kappa shape index (κ3) is 3.21. The lowest BCUT2D eigenvalue weighted by molar-refractivity contribution is 0.191. The van der Waals surface area contributed by atoms with Crippen LogP contribution < -0.4 is 11.1 Å². The summed E-state index contributed by atoms with van der Waals surface area (Å²) in [5.41, 5.74) is 8.03. The summed E-state index contributed by atoms with van der Waals surface area (Å²) in [6.07, 6.45) is 2.83. The molecule has 94 valence electrons. The third-order valence-electron chi connectivity index (χ3n) is 2.58. The van der Waals surface area contributed by atoms with Crippen molar-refractivity contribution < 1.29 is 5.11 Å². The van der Waals surface area contributed by atoms with E-state index in [4.69, 9.17) is 5.73 Å². The maximum absolute atomic E-state index is 10.0. The number of rotatable bonds is 4. The second kappa shape index (κ2) is 5.84. The molecule has 1 aromatic heterocycles. The van der Waals surface area contributed by atoms with Gasteiger partial charge in [-0.15, -0.1) is 0 Å². The number of aliphatic hydroxyl groups is 1. The van der Waals surface area contributed by atoms with Gasteiger partial charge in [-0.2, -0.15) is 0 Å². The minimum absolute atomic E-state index is 0.423. The number of benzene rings is 1. The second-order valence-corrected chi connectivity index (χ2v) is 4.77. The van der Waals surface area contributed by atoms with Gasteiger partial charge in [0.15, 0.2) is 0 Å². The van der Waals surface area contributed by atoms with Gasteiger partial charge in [0.2, 0.25) is 0 Å². The molecule has 0 saturated carbocycles. The summed E-state index contributed by atoms with van der Waals surface area (Å²) >= 11 is 3.39. The molecule has 0 spiro atoms. The second-order valence-electron chi connectivity index (χ2n) is 3.92. The lowest BCUT2D eigenvalue weighted by Gasteiger charge is -2.14. The molecular formula is C13H14BrN3O. The number of hydrogen-bond acceptors (Lipinski definition) is 4. The van der Waals surface area contributed by atoms with Gasteiger partial charge in [0.1, 0.15) is 0 Å². The fourth-order valence-corrected chi connectivity index (χ4v) is 1.95. The molecule has 1 atom stereocenters. The van der Waals surface area contributed by atoms with E-state index >= 15 is 0 Å². The van der Waals surface area contributed by atoms with Gasteiger partial charge >= 0.3 is 0 Å². The van der Waals surface area contributed by atoms with Crippen LogP contribution in [0.5, 0.6) is 0 Å². The molecule has 2 aromatic rings. The van der Waals surface area contributed by atoms with Crippen LogP contribution in [-0.4, -0.2) is 16.6 Å². The van der Waals surface area contributed by atoms with Crippen molar-refractivity contribution in [3.63, 3.8) is 0 Å². The largest absolute Gasteiger partial charge is 0.399 e. The van der Waals surface area contributed by atoms with E-state index in [1.807, 2.05) is 18.2 Å². The van der Waals surface area contributed by atoms with E-state index in [-0.39, 0.29) is 0 Å². The Bertz CT molecular complexity index is 516. The monoisotopic (exact) mass is 307 g/mol. The number of nitrogens with one attached hydrogen (secondary N) is 1. The number of hydrogen-bond donors (Lipinski definition) is 3. The molecule has 0 aliphatic rings. The van der Waals surface area contributed by atoms with Crippen molar-refractivity contribution in [2.24, 2.45) is 0 Å². The summed E-state index contributed by atoms with van der Waals surface area (Å²) in [4.78, 5) is 3.98. The molecule has 4 nitrogen and oxygen atoms in total. The van der Waals surface area contributed by atoms with E-state index < -0.39 is 6.10 Å². The van der Waals surface area contributed by atoms with E-state index in [0.717, 1.165) is 15.7 Å². The zero-order valence-corrected chi connectivity index (χ0v) is 11.3. The molecule has 0 amide bonds. The van der Waals surface area contributed by atoms with Crippen LogP contribution in [0.15, 0.2) is 47.2 Å². The lowest BCUT2D eigenvalue weighted by Crippen LogP contribution is -2.12. The van der Waals surface area contributed by atoms with Gasteiger partial charge in [0, 0.05) is 24.6 Å². The van der Waals surface area contributed by atoms with Gasteiger partial charge in [-0.05, 0) is 39.7 Å². The highest BCUT2D eigenvalue weighted by Crippen LogP contribution is 2.21. The van der Waals surface area contributed by atoms with Crippen molar-refractivity contribution in [2.75, 3.05) is 17.6 Å². The zero-order valence-electron chi connectivity index (χ0n) is 9.68. The number of pyridine rings is 1. The maximum Gasteiger partial charge on any atom is 0.0962 e. The molecular weight excluding hydrogens is 294 g/mol. The van der Waals surface area contributed by atoms with E-state index in [1.165, 1.54) is 0 Å². The SMILES string of the molecule is Nc1ccc(C(O)CNc2ccncc2Br)cc1. The van der Waals surface area contributed by atoms with Gasteiger partial charge in [-0.25, -0.2) is 0 Å². The first kappa shape index (κ1) is 12.9. The summed E-state index contributed by atoms with van der Waals surface area (Å²) in [5, 5.41) is 13.2.